The second-order valence-electron chi connectivity index (χ2n) is 5.29. The Morgan fingerprint density at radius 1 is 1.33 bits per heavy atom. The van der Waals surface area contributed by atoms with Crippen LogP contribution in [0.5, 0.6) is 0 Å². The highest BCUT2D eigenvalue weighted by Gasteiger charge is 2.16. The maximum Gasteiger partial charge on any atom is 0.237 e. The van der Waals surface area contributed by atoms with Gasteiger partial charge in [-0.15, -0.1) is 0 Å². The van der Waals surface area contributed by atoms with Crippen molar-refractivity contribution in [2.24, 2.45) is 5.73 Å². The molecule has 1 aromatic carbocycles. The summed E-state index contributed by atoms with van der Waals surface area (Å²) >= 11 is 0. The van der Waals surface area contributed by atoms with Crippen LogP contribution in [0, 0.1) is 0 Å². The normalized spacial score (nSPS) is 13.3. The monoisotopic (exact) mass is 291 g/mol. The lowest BCUT2D eigenvalue weighted by molar-refractivity contribution is -0.123. The van der Waals surface area contributed by atoms with Gasteiger partial charge in [0.2, 0.25) is 11.8 Å². The predicted octanol–water partition coefficient (Wildman–Crippen LogP) is 2.34. The Bertz CT molecular complexity index is 488. The number of rotatable bonds is 7. The van der Waals surface area contributed by atoms with E-state index in [1.807, 2.05) is 31.2 Å². The molecule has 0 radical (unpaired) electrons. The molecule has 0 fully saturated rings. The number of hydrogen-bond donors (Lipinski definition) is 3. The number of unbranched alkanes of at least 4 members (excludes halogenated alkanes) is 1. The summed E-state index contributed by atoms with van der Waals surface area (Å²) in [5, 5.41) is 5.64. The van der Waals surface area contributed by atoms with Crippen molar-refractivity contribution < 1.29 is 9.59 Å². The van der Waals surface area contributed by atoms with Gasteiger partial charge in [-0.25, -0.2) is 0 Å². The molecule has 2 atom stereocenters. The van der Waals surface area contributed by atoms with E-state index in [2.05, 4.69) is 17.6 Å². The average molecular weight is 291 g/mol. The minimum atomic E-state index is -0.467. The van der Waals surface area contributed by atoms with Gasteiger partial charge in [0.15, 0.2) is 0 Å². The summed E-state index contributed by atoms with van der Waals surface area (Å²) in [5.41, 5.74) is 7.50. The smallest absolute Gasteiger partial charge is 0.237 e. The van der Waals surface area contributed by atoms with Crippen LogP contribution in [0.15, 0.2) is 24.3 Å². The van der Waals surface area contributed by atoms with E-state index in [4.69, 9.17) is 5.73 Å². The maximum absolute atomic E-state index is 12.0. The Morgan fingerprint density at radius 3 is 2.67 bits per heavy atom. The molecule has 0 bridgehead atoms. The molecular weight excluding hydrogens is 266 g/mol. The number of nitrogens with two attached hydrogens (primary N) is 1. The fourth-order valence-electron chi connectivity index (χ4n) is 2.05. The Morgan fingerprint density at radius 2 is 2.05 bits per heavy atom. The molecule has 1 unspecified atom stereocenters. The van der Waals surface area contributed by atoms with Gasteiger partial charge < -0.3 is 16.4 Å². The second kappa shape index (κ2) is 8.42. The van der Waals surface area contributed by atoms with Crippen LogP contribution in [-0.2, 0) is 9.59 Å². The van der Waals surface area contributed by atoms with Crippen LogP contribution in [0.3, 0.4) is 0 Å². The van der Waals surface area contributed by atoms with Crippen molar-refractivity contribution in [3.63, 3.8) is 0 Å². The summed E-state index contributed by atoms with van der Waals surface area (Å²) < 4.78 is 0. The highest BCUT2D eigenvalue weighted by atomic mass is 16.2. The van der Waals surface area contributed by atoms with Gasteiger partial charge in [-0.1, -0.05) is 31.9 Å². The molecule has 21 heavy (non-hydrogen) atoms. The number of hydrogen-bond acceptors (Lipinski definition) is 3. The van der Waals surface area contributed by atoms with Gasteiger partial charge in [0.25, 0.3) is 0 Å². The second-order valence-corrected chi connectivity index (χ2v) is 5.29. The molecule has 1 aromatic rings. The molecule has 0 spiro atoms. The van der Waals surface area contributed by atoms with Gasteiger partial charge in [0.05, 0.1) is 12.1 Å². The van der Waals surface area contributed by atoms with Crippen LogP contribution in [0.1, 0.15) is 51.6 Å². The molecule has 2 amide bonds. The van der Waals surface area contributed by atoms with Crippen molar-refractivity contribution in [2.75, 3.05) is 5.32 Å². The highest BCUT2D eigenvalue weighted by molar-refractivity contribution is 5.88. The Balaban J connectivity index is 2.64. The van der Waals surface area contributed by atoms with Crippen molar-refractivity contribution in [2.45, 2.75) is 52.1 Å². The summed E-state index contributed by atoms with van der Waals surface area (Å²) in [6.45, 7) is 5.43. The molecule has 0 aromatic heterocycles. The van der Waals surface area contributed by atoms with Crippen molar-refractivity contribution in [1.29, 1.82) is 0 Å². The van der Waals surface area contributed by atoms with Crippen LogP contribution in [0.4, 0.5) is 5.69 Å². The molecule has 1 rings (SSSR count). The zero-order chi connectivity index (χ0) is 15.8. The van der Waals surface area contributed by atoms with Crippen LogP contribution >= 0.6 is 0 Å². The molecule has 0 aliphatic rings. The first-order valence-electron chi connectivity index (χ1n) is 7.37. The quantitative estimate of drug-likeness (QED) is 0.721. The first kappa shape index (κ1) is 17.2. The predicted molar refractivity (Wildman–Crippen MR) is 84.8 cm³/mol. The summed E-state index contributed by atoms with van der Waals surface area (Å²) in [7, 11) is 0. The van der Waals surface area contributed by atoms with Crippen LogP contribution in [0.25, 0.3) is 0 Å². The number of carbonyl (C=O) groups excluding carboxylic acids is 2. The number of amides is 2. The molecule has 5 heteroatoms. The number of nitrogens with one attached hydrogen (secondary N) is 2. The van der Waals surface area contributed by atoms with Gasteiger partial charge in [0.1, 0.15) is 0 Å². The highest BCUT2D eigenvalue weighted by Crippen LogP contribution is 2.17. The van der Waals surface area contributed by atoms with E-state index in [0.717, 1.165) is 24.1 Å². The zero-order valence-electron chi connectivity index (χ0n) is 13.0. The molecule has 0 aliphatic heterocycles. The minimum Gasteiger partial charge on any atom is -0.348 e. The Hall–Kier alpha value is -1.88. The van der Waals surface area contributed by atoms with Gasteiger partial charge >= 0.3 is 0 Å². The lowest BCUT2D eigenvalue weighted by Crippen LogP contribution is -2.41. The first-order valence-corrected chi connectivity index (χ1v) is 7.37. The molecule has 0 aliphatic carbocycles. The Kier molecular flexibility index (Phi) is 6.88. The third kappa shape index (κ3) is 5.95. The van der Waals surface area contributed by atoms with Crippen LogP contribution in [0.2, 0.25) is 0 Å². The van der Waals surface area contributed by atoms with Crippen molar-refractivity contribution in [3.8, 4) is 0 Å². The van der Waals surface area contributed by atoms with E-state index in [9.17, 15) is 9.59 Å². The van der Waals surface area contributed by atoms with Gasteiger partial charge in [-0.3, -0.25) is 9.59 Å². The molecule has 0 heterocycles. The average Bonchev–Trinajstić information content (AvgIpc) is 2.44. The van der Waals surface area contributed by atoms with Crippen molar-refractivity contribution in [1.82, 2.24) is 5.32 Å². The minimum absolute atomic E-state index is 0.120. The fraction of sp³-hybridized carbons (Fsp3) is 0.500. The fourth-order valence-corrected chi connectivity index (χ4v) is 2.05. The summed E-state index contributed by atoms with van der Waals surface area (Å²) in [6, 6.07) is 6.80. The third-order valence-electron chi connectivity index (χ3n) is 3.27. The third-order valence-corrected chi connectivity index (χ3v) is 3.27. The summed E-state index contributed by atoms with van der Waals surface area (Å²) in [4.78, 5) is 23.1. The lowest BCUT2D eigenvalue weighted by atomic mass is 10.1. The summed E-state index contributed by atoms with van der Waals surface area (Å²) in [5.74, 6) is -0.258. The van der Waals surface area contributed by atoms with Crippen molar-refractivity contribution >= 4 is 17.5 Å². The molecule has 0 saturated heterocycles. The zero-order valence-corrected chi connectivity index (χ0v) is 13.0. The van der Waals surface area contributed by atoms with E-state index >= 15 is 0 Å². The molecular formula is C16H25N3O2. The van der Waals surface area contributed by atoms with E-state index in [-0.39, 0.29) is 17.9 Å². The number of benzene rings is 1. The SMILES string of the molecule is CCCC[C@H](N)C(=O)NC(C)c1cccc(NC(C)=O)c1. The van der Waals surface area contributed by atoms with E-state index in [1.165, 1.54) is 6.92 Å². The van der Waals surface area contributed by atoms with Crippen LogP contribution in [-0.4, -0.2) is 17.9 Å². The molecule has 5 nitrogen and oxygen atoms in total. The largest absolute Gasteiger partial charge is 0.348 e. The van der Waals surface area contributed by atoms with E-state index in [1.54, 1.807) is 0 Å². The van der Waals surface area contributed by atoms with Gasteiger partial charge in [-0.05, 0) is 31.0 Å². The summed E-state index contributed by atoms with van der Waals surface area (Å²) in [6.07, 6.45) is 2.66. The standard InChI is InChI=1S/C16H25N3O2/c1-4-5-9-15(17)16(21)18-11(2)13-7-6-8-14(10-13)19-12(3)20/h6-8,10-11,15H,4-5,9,17H2,1-3H3,(H,18,21)(H,19,20)/t11?,15-/m0/s1. The number of anilines is 1. The van der Waals surface area contributed by atoms with Crippen molar-refractivity contribution in [3.05, 3.63) is 29.8 Å². The first-order chi connectivity index (χ1) is 9.93. The maximum atomic E-state index is 12.0. The van der Waals surface area contributed by atoms with Crippen LogP contribution < -0.4 is 16.4 Å². The van der Waals surface area contributed by atoms with Gasteiger partial charge in [0, 0.05) is 12.6 Å². The molecule has 0 saturated carbocycles. The molecule has 4 N–H and O–H groups in total. The topological polar surface area (TPSA) is 84.2 Å². The van der Waals surface area contributed by atoms with E-state index in [0.29, 0.717) is 6.42 Å². The number of carbonyl (C=O) groups is 2. The van der Waals surface area contributed by atoms with Gasteiger partial charge in [-0.2, -0.15) is 0 Å². The Labute approximate surface area is 126 Å². The van der Waals surface area contributed by atoms with E-state index < -0.39 is 6.04 Å². The lowest BCUT2D eigenvalue weighted by Gasteiger charge is -2.18. The molecule has 116 valence electrons.